The van der Waals surface area contributed by atoms with Crippen molar-refractivity contribution in [2.24, 2.45) is 0 Å². The summed E-state index contributed by atoms with van der Waals surface area (Å²) in [4.78, 5) is 22.7. The molecular weight excluding hydrogens is 316 g/mol. The minimum atomic E-state index is -1.17. The van der Waals surface area contributed by atoms with E-state index < -0.39 is 12.0 Å². The fourth-order valence-corrected chi connectivity index (χ4v) is 2.35. The first-order valence-electron chi connectivity index (χ1n) is 5.92. The quantitative estimate of drug-likeness (QED) is 0.800. The Morgan fingerprint density at radius 1 is 1.33 bits per heavy atom. The zero-order valence-electron chi connectivity index (χ0n) is 10.9. The average Bonchev–Trinajstić information content (AvgIpc) is 2.88. The van der Waals surface area contributed by atoms with E-state index in [-0.39, 0.29) is 10.6 Å². The van der Waals surface area contributed by atoms with Gasteiger partial charge in [-0.2, -0.15) is 0 Å². The van der Waals surface area contributed by atoms with Crippen molar-refractivity contribution in [1.29, 1.82) is 0 Å². The van der Waals surface area contributed by atoms with Gasteiger partial charge in [0.2, 0.25) is 5.13 Å². The van der Waals surface area contributed by atoms with Crippen LogP contribution in [0.3, 0.4) is 0 Å². The summed E-state index contributed by atoms with van der Waals surface area (Å²) in [5.74, 6) is -1.17. The van der Waals surface area contributed by atoms with Crippen LogP contribution in [0.5, 0.6) is 0 Å². The van der Waals surface area contributed by atoms with Crippen molar-refractivity contribution in [3.8, 4) is 0 Å². The van der Waals surface area contributed by atoms with E-state index in [0.717, 1.165) is 11.4 Å². The molecule has 9 heteroatoms. The molecule has 0 saturated carbocycles. The predicted molar refractivity (Wildman–Crippen MR) is 80.3 cm³/mol. The molecule has 1 aromatic heterocycles. The maximum absolute atomic E-state index is 11.8. The first kappa shape index (κ1) is 15.2. The zero-order chi connectivity index (χ0) is 15.4. The molecule has 0 spiro atoms. The van der Waals surface area contributed by atoms with E-state index in [4.69, 9.17) is 16.7 Å². The van der Waals surface area contributed by atoms with Gasteiger partial charge < -0.3 is 10.4 Å². The lowest BCUT2D eigenvalue weighted by Gasteiger charge is -2.07. The lowest BCUT2D eigenvalue weighted by atomic mass is 10.2. The lowest BCUT2D eigenvalue weighted by molar-refractivity contribution is 0.0697. The summed E-state index contributed by atoms with van der Waals surface area (Å²) >= 11 is 7.02. The average molecular weight is 327 g/mol. The number of nitrogens with one attached hydrogen (secondary N) is 2. The Balaban J connectivity index is 2.05. The summed E-state index contributed by atoms with van der Waals surface area (Å²) in [6.07, 6.45) is 0.736. The number of aromatic carboxylic acids is 1. The summed E-state index contributed by atoms with van der Waals surface area (Å²) in [6, 6.07) is 3.65. The smallest absolute Gasteiger partial charge is 0.337 e. The van der Waals surface area contributed by atoms with Gasteiger partial charge in [-0.1, -0.05) is 29.9 Å². The second-order valence-corrected chi connectivity index (χ2v) is 5.40. The van der Waals surface area contributed by atoms with Crippen LogP contribution in [0.2, 0.25) is 5.02 Å². The number of amides is 2. The molecule has 3 N–H and O–H groups in total. The van der Waals surface area contributed by atoms with Gasteiger partial charge in [0, 0.05) is 5.69 Å². The van der Waals surface area contributed by atoms with Gasteiger partial charge in [0.25, 0.3) is 0 Å². The molecule has 2 amide bonds. The highest BCUT2D eigenvalue weighted by molar-refractivity contribution is 7.15. The van der Waals surface area contributed by atoms with Crippen molar-refractivity contribution in [2.75, 3.05) is 10.6 Å². The number of carbonyl (C=O) groups excluding carboxylic acids is 1. The Kier molecular flexibility index (Phi) is 4.71. The molecule has 0 bridgehead atoms. The third kappa shape index (κ3) is 3.89. The number of aromatic nitrogens is 2. The van der Waals surface area contributed by atoms with Gasteiger partial charge in [0.15, 0.2) is 0 Å². The fourth-order valence-electron chi connectivity index (χ4n) is 1.47. The number of aryl methyl sites for hydroxylation is 1. The minimum Gasteiger partial charge on any atom is -0.478 e. The van der Waals surface area contributed by atoms with Crippen LogP contribution in [0, 0.1) is 0 Å². The van der Waals surface area contributed by atoms with Crippen LogP contribution in [0.25, 0.3) is 0 Å². The Labute approximate surface area is 129 Å². The zero-order valence-corrected chi connectivity index (χ0v) is 12.5. The van der Waals surface area contributed by atoms with Crippen LogP contribution < -0.4 is 10.6 Å². The van der Waals surface area contributed by atoms with E-state index in [1.807, 2.05) is 6.92 Å². The van der Waals surface area contributed by atoms with Gasteiger partial charge in [0.1, 0.15) is 5.01 Å². The van der Waals surface area contributed by atoms with Gasteiger partial charge in [-0.05, 0) is 24.6 Å². The molecule has 110 valence electrons. The van der Waals surface area contributed by atoms with Crippen molar-refractivity contribution < 1.29 is 14.7 Å². The molecule has 2 aromatic rings. The Morgan fingerprint density at radius 2 is 2.10 bits per heavy atom. The van der Waals surface area contributed by atoms with Crippen LogP contribution >= 0.6 is 22.9 Å². The van der Waals surface area contributed by atoms with Crippen LogP contribution in [-0.4, -0.2) is 27.3 Å². The number of urea groups is 1. The monoisotopic (exact) mass is 326 g/mol. The number of hydrogen-bond acceptors (Lipinski definition) is 5. The van der Waals surface area contributed by atoms with Crippen LogP contribution in [-0.2, 0) is 6.42 Å². The van der Waals surface area contributed by atoms with Gasteiger partial charge >= 0.3 is 12.0 Å². The molecule has 0 unspecified atom stereocenters. The normalized spacial score (nSPS) is 10.2. The number of hydrogen-bond donors (Lipinski definition) is 3. The topological polar surface area (TPSA) is 104 Å². The molecule has 2 rings (SSSR count). The number of carboxylic acids is 1. The van der Waals surface area contributed by atoms with Crippen molar-refractivity contribution in [3.63, 3.8) is 0 Å². The molecule has 0 aliphatic heterocycles. The van der Waals surface area contributed by atoms with E-state index >= 15 is 0 Å². The SMILES string of the molecule is CCc1nnc(NC(=O)Nc2ccc(Cl)c(C(=O)O)c2)s1. The third-order valence-electron chi connectivity index (χ3n) is 2.44. The first-order chi connectivity index (χ1) is 9.99. The molecule has 0 radical (unpaired) electrons. The van der Waals surface area contributed by atoms with Gasteiger partial charge in [-0.3, -0.25) is 5.32 Å². The summed E-state index contributed by atoms with van der Waals surface area (Å²) in [6.45, 7) is 1.94. The van der Waals surface area contributed by atoms with Crippen molar-refractivity contribution in [3.05, 3.63) is 33.8 Å². The standard InChI is InChI=1S/C12H11ClN4O3S/c1-2-9-16-17-12(21-9)15-11(20)14-6-3-4-8(13)7(5-6)10(18)19/h3-5H,2H2,1H3,(H,18,19)(H2,14,15,17,20). The Bertz CT molecular complexity index is 689. The molecule has 0 saturated heterocycles. The Morgan fingerprint density at radius 3 is 2.71 bits per heavy atom. The van der Waals surface area contributed by atoms with Crippen molar-refractivity contribution >= 4 is 45.8 Å². The first-order valence-corrected chi connectivity index (χ1v) is 7.12. The van der Waals surface area contributed by atoms with E-state index in [0.29, 0.717) is 10.8 Å². The second-order valence-electron chi connectivity index (χ2n) is 3.93. The third-order valence-corrected chi connectivity index (χ3v) is 3.76. The van der Waals surface area contributed by atoms with Crippen LogP contribution in [0.15, 0.2) is 18.2 Å². The molecule has 7 nitrogen and oxygen atoms in total. The highest BCUT2D eigenvalue weighted by atomic mass is 35.5. The lowest BCUT2D eigenvalue weighted by Crippen LogP contribution is -2.19. The number of nitrogens with zero attached hydrogens (tertiary/aromatic N) is 2. The van der Waals surface area contributed by atoms with E-state index in [2.05, 4.69) is 20.8 Å². The predicted octanol–water partition coefficient (Wildman–Crippen LogP) is 3.10. The van der Waals surface area contributed by atoms with Gasteiger partial charge in [-0.25, -0.2) is 9.59 Å². The van der Waals surface area contributed by atoms with Gasteiger partial charge in [-0.15, -0.1) is 10.2 Å². The molecule has 0 aliphatic carbocycles. The van der Waals surface area contributed by atoms with Crippen LogP contribution in [0.1, 0.15) is 22.3 Å². The largest absolute Gasteiger partial charge is 0.478 e. The number of rotatable bonds is 4. The van der Waals surface area contributed by atoms with Gasteiger partial charge in [0.05, 0.1) is 10.6 Å². The molecular formula is C12H11ClN4O3S. The molecule has 0 fully saturated rings. The Hall–Kier alpha value is -2.19. The minimum absolute atomic E-state index is 0.0846. The fraction of sp³-hybridized carbons (Fsp3) is 0.167. The van der Waals surface area contributed by atoms with Crippen molar-refractivity contribution in [2.45, 2.75) is 13.3 Å². The number of halogens is 1. The maximum atomic E-state index is 11.8. The van der Waals surface area contributed by atoms with Crippen LogP contribution in [0.4, 0.5) is 15.6 Å². The highest BCUT2D eigenvalue weighted by Gasteiger charge is 2.12. The molecule has 0 aliphatic rings. The number of carboxylic acid groups (broad SMARTS) is 1. The molecule has 21 heavy (non-hydrogen) atoms. The highest BCUT2D eigenvalue weighted by Crippen LogP contribution is 2.21. The summed E-state index contributed by atoms with van der Waals surface area (Å²) < 4.78 is 0. The summed E-state index contributed by atoms with van der Waals surface area (Å²) in [5.41, 5.74) is 0.230. The van der Waals surface area contributed by atoms with E-state index in [9.17, 15) is 9.59 Å². The second kappa shape index (κ2) is 6.51. The summed E-state index contributed by atoms with van der Waals surface area (Å²) in [5, 5.41) is 23.0. The molecule has 0 atom stereocenters. The van der Waals surface area contributed by atoms with E-state index in [1.165, 1.54) is 29.5 Å². The summed E-state index contributed by atoms with van der Waals surface area (Å²) in [7, 11) is 0. The van der Waals surface area contributed by atoms with Crippen molar-refractivity contribution in [1.82, 2.24) is 10.2 Å². The van der Waals surface area contributed by atoms with E-state index in [1.54, 1.807) is 0 Å². The number of anilines is 2. The molecule has 1 aromatic carbocycles. The number of benzene rings is 1. The number of carbonyl (C=O) groups is 2. The molecule has 1 heterocycles. The maximum Gasteiger partial charge on any atom is 0.337 e.